The highest BCUT2D eigenvalue weighted by Gasteiger charge is 2.28. The van der Waals surface area contributed by atoms with Crippen LogP contribution in [0.1, 0.15) is 49.5 Å². The van der Waals surface area contributed by atoms with Crippen molar-refractivity contribution in [1.29, 1.82) is 0 Å². The molecule has 2 aromatic rings. The number of benzene rings is 2. The predicted octanol–water partition coefficient (Wildman–Crippen LogP) is 3.85. The maximum atomic E-state index is 12.8. The zero-order valence-electron chi connectivity index (χ0n) is 18.7. The molecule has 1 atom stereocenters. The summed E-state index contributed by atoms with van der Waals surface area (Å²) in [6, 6.07) is 13.1. The average Bonchev–Trinajstić information content (AvgIpc) is 2.79. The van der Waals surface area contributed by atoms with Gasteiger partial charge >= 0.3 is 5.97 Å². The average molecular weight is 459 g/mol. The molecule has 0 aromatic heterocycles. The third-order valence-electron chi connectivity index (χ3n) is 5.75. The van der Waals surface area contributed by atoms with Gasteiger partial charge in [0.05, 0.1) is 10.5 Å². The second-order valence-corrected chi connectivity index (χ2v) is 10.1. The van der Waals surface area contributed by atoms with E-state index >= 15 is 0 Å². The van der Waals surface area contributed by atoms with E-state index in [4.69, 9.17) is 4.74 Å². The summed E-state index contributed by atoms with van der Waals surface area (Å²) in [7, 11) is -3.59. The number of piperidine rings is 1. The molecule has 1 saturated heterocycles. The van der Waals surface area contributed by atoms with Crippen molar-refractivity contribution in [3.63, 3.8) is 0 Å². The molecule has 32 heavy (non-hydrogen) atoms. The zero-order valence-corrected chi connectivity index (χ0v) is 19.5. The fourth-order valence-electron chi connectivity index (χ4n) is 3.49. The second-order valence-electron chi connectivity index (χ2n) is 8.20. The number of nitrogens with zero attached hydrogens (tertiary/aromatic N) is 1. The molecule has 2 aromatic carbocycles. The first-order chi connectivity index (χ1) is 15.2. The highest BCUT2D eigenvalue weighted by Crippen LogP contribution is 2.24. The van der Waals surface area contributed by atoms with Gasteiger partial charge in [0.15, 0.2) is 6.10 Å². The van der Waals surface area contributed by atoms with Crippen LogP contribution >= 0.6 is 0 Å². The number of amides is 1. The fraction of sp³-hybridized carbons (Fsp3) is 0.417. The molecular formula is C24H30N2O5S. The van der Waals surface area contributed by atoms with Crippen LogP contribution in [0.25, 0.3) is 0 Å². The molecule has 1 aliphatic heterocycles. The molecule has 1 unspecified atom stereocenters. The van der Waals surface area contributed by atoms with Gasteiger partial charge < -0.3 is 10.1 Å². The quantitative estimate of drug-likeness (QED) is 0.636. The number of hydrogen-bond donors (Lipinski definition) is 1. The molecule has 1 fully saturated rings. The first-order valence-corrected chi connectivity index (χ1v) is 12.4. The van der Waals surface area contributed by atoms with Crippen molar-refractivity contribution >= 4 is 27.6 Å². The predicted molar refractivity (Wildman–Crippen MR) is 123 cm³/mol. The standard InChI is InChI=1S/C24H30N2O5S/c1-4-19-5-9-21(10-6-19)25-23(27)18(3)31-24(28)20-7-11-22(12-8-20)32(29,30)26-15-13-17(2)14-16-26/h5-12,17-18H,4,13-16H2,1-3H3,(H,25,27). The fourth-order valence-corrected chi connectivity index (χ4v) is 4.96. The van der Waals surface area contributed by atoms with E-state index in [-0.39, 0.29) is 10.5 Å². The van der Waals surface area contributed by atoms with Crippen LogP contribution in [0.4, 0.5) is 5.69 Å². The lowest BCUT2D eigenvalue weighted by Gasteiger charge is -2.29. The largest absolute Gasteiger partial charge is 0.449 e. The highest BCUT2D eigenvalue weighted by atomic mass is 32.2. The number of esters is 1. The molecule has 7 nitrogen and oxygen atoms in total. The Bertz CT molecular complexity index is 1040. The topological polar surface area (TPSA) is 92.8 Å². The van der Waals surface area contributed by atoms with Crippen molar-refractivity contribution in [2.24, 2.45) is 5.92 Å². The summed E-state index contributed by atoms with van der Waals surface area (Å²) in [4.78, 5) is 24.9. The molecule has 0 aliphatic carbocycles. The molecule has 8 heteroatoms. The molecule has 0 bridgehead atoms. The minimum Gasteiger partial charge on any atom is -0.449 e. The van der Waals surface area contributed by atoms with Crippen molar-refractivity contribution in [2.45, 2.75) is 51.0 Å². The van der Waals surface area contributed by atoms with Gasteiger partial charge in [-0.15, -0.1) is 0 Å². The Morgan fingerprint density at radius 1 is 1.06 bits per heavy atom. The van der Waals surface area contributed by atoms with Gasteiger partial charge in [-0.2, -0.15) is 4.31 Å². The van der Waals surface area contributed by atoms with Crippen LogP contribution in [-0.4, -0.2) is 43.8 Å². The normalized spacial score (nSPS) is 16.3. The van der Waals surface area contributed by atoms with E-state index < -0.39 is 28.0 Å². The molecule has 1 aliphatic rings. The molecule has 3 rings (SSSR count). The number of anilines is 1. The van der Waals surface area contributed by atoms with Crippen LogP contribution in [0, 0.1) is 5.92 Å². The number of ether oxygens (including phenoxy) is 1. The molecule has 1 N–H and O–H groups in total. The van der Waals surface area contributed by atoms with Crippen molar-refractivity contribution in [3.05, 3.63) is 59.7 Å². The van der Waals surface area contributed by atoms with Gasteiger partial charge in [0.1, 0.15) is 0 Å². The van der Waals surface area contributed by atoms with E-state index in [1.54, 1.807) is 12.1 Å². The maximum Gasteiger partial charge on any atom is 0.338 e. The van der Waals surface area contributed by atoms with Crippen LogP contribution < -0.4 is 5.32 Å². The Balaban J connectivity index is 1.59. The van der Waals surface area contributed by atoms with E-state index in [2.05, 4.69) is 12.2 Å². The van der Waals surface area contributed by atoms with E-state index in [1.165, 1.54) is 35.5 Å². The molecule has 1 heterocycles. The van der Waals surface area contributed by atoms with Gasteiger partial charge in [-0.05, 0) is 74.1 Å². The monoisotopic (exact) mass is 458 g/mol. The highest BCUT2D eigenvalue weighted by molar-refractivity contribution is 7.89. The molecule has 0 spiro atoms. The van der Waals surface area contributed by atoms with Crippen molar-refractivity contribution < 1.29 is 22.7 Å². The Hall–Kier alpha value is -2.71. The maximum absolute atomic E-state index is 12.8. The van der Waals surface area contributed by atoms with Gasteiger partial charge in [0, 0.05) is 18.8 Å². The van der Waals surface area contributed by atoms with Crippen molar-refractivity contribution in [3.8, 4) is 0 Å². The summed E-state index contributed by atoms with van der Waals surface area (Å²) in [6.45, 7) is 6.66. The van der Waals surface area contributed by atoms with E-state index in [9.17, 15) is 18.0 Å². The van der Waals surface area contributed by atoms with Crippen molar-refractivity contribution in [1.82, 2.24) is 4.31 Å². The van der Waals surface area contributed by atoms with Crippen LogP contribution in [0.2, 0.25) is 0 Å². The molecular weight excluding hydrogens is 428 g/mol. The number of hydrogen-bond acceptors (Lipinski definition) is 5. The van der Waals surface area contributed by atoms with E-state index in [0.29, 0.717) is 24.7 Å². The first kappa shape index (κ1) is 23.9. The Kier molecular flexibility index (Phi) is 7.69. The Morgan fingerprint density at radius 2 is 1.66 bits per heavy atom. The Morgan fingerprint density at radius 3 is 2.22 bits per heavy atom. The zero-order chi connectivity index (χ0) is 23.3. The van der Waals surface area contributed by atoms with Gasteiger partial charge in [-0.3, -0.25) is 4.79 Å². The van der Waals surface area contributed by atoms with Gasteiger partial charge in [-0.25, -0.2) is 13.2 Å². The number of aryl methyl sites for hydroxylation is 1. The van der Waals surface area contributed by atoms with Crippen LogP contribution in [0.15, 0.2) is 53.4 Å². The Labute approximate surface area is 189 Å². The molecule has 0 saturated carbocycles. The molecule has 0 radical (unpaired) electrons. The van der Waals surface area contributed by atoms with Gasteiger partial charge in [0.25, 0.3) is 5.91 Å². The third-order valence-corrected chi connectivity index (χ3v) is 7.67. The molecule has 1 amide bonds. The van der Waals surface area contributed by atoms with Crippen LogP contribution in [-0.2, 0) is 26.0 Å². The lowest BCUT2D eigenvalue weighted by Crippen LogP contribution is -2.37. The lowest BCUT2D eigenvalue weighted by atomic mass is 10.0. The minimum atomic E-state index is -3.59. The van der Waals surface area contributed by atoms with E-state index in [0.717, 1.165) is 24.8 Å². The first-order valence-electron chi connectivity index (χ1n) is 10.9. The summed E-state index contributed by atoms with van der Waals surface area (Å²) in [5.74, 6) is -0.612. The smallest absolute Gasteiger partial charge is 0.338 e. The van der Waals surface area contributed by atoms with E-state index in [1.807, 2.05) is 19.1 Å². The summed E-state index contributed by atoms with van der Waals surface area (Å²) >= 11 is 0. The number of carbonyl (C=O) groups is 2. The van der Waals surface area contributed by atoms with Crippen molar-refractivity contribution in [2.75, 3.05) is 18.4 Å². The lowest BCUT2D eigenvalue weighted by molar-refractivity contribution is -0.123. The summed E-state index contributed by atoms with van der Waals surface area (Å²) in [6.07, 6.45) is 1.57. The second kappa shape index (κ2) is 10.3. The summed E-state index contributed by atoms with van der Waals surface area (Å²) < 4.78 is 32.4. The minimum absolute atomic E-state index is 0.143. The van der Waals surface area contributed by atoms with Crippen LogP contribution in [0.3, 0.4) is 0 Å². The molecule has 172 valence electrons. The number of sulfonamides is 1. The van der Waals surface area contributed by atoms with Gasteiger partial charge in [-0.1, -0.05) is 26.0 Å². The SMILES string of the molecule is CCc1ccc(NC(=O)C(C)OC(=O)c2ccc(S(=O)(=O)N3CCC(C)CC3)cc2)cc1. The number of carbonyl (C=O) groups excluding carboxylic acids is 2. The van der Waals surface area contributed by atoms with Gasteiger partial charge in [0.2, 0.25) is 10.0 Å². The summed E-state index contributed by atoms with van der Waals surface area (Å²) in [5.41, 5.74) is 1.96. The van der Waals surface area contributed by atoms with Crippen LogP contribution in [0.5, 0.6) is 0 Å². The number of nitrogens with one attached hydrogen (secondary N) is 1. The number of rotatable bonds is 7. The third kappa shape index (κ3) is 5.75. The summed E-state index contributed by atoms with van der Waals surface area (Å²) in [5, 5.41) is 2.72.